The second kappa shape index (κ2) is 6.00. The van der Waals surface area contributed by atoms with Crippen LogP contribution in [0.15, 0.2) is 0 Å². The molecule has 5 nitrogen and oxygen atoms in total. The van der Waals surface area contributed by atoms with Crippen molar-refractivity contribution >= 4 is 10.2 Å². The van der Waals surface area contributed by atoms with Gasteiger partial charge in [-0.2, -0.15) is 22.7 Å². The Hall–Kier alpha value is -0.640. The topological polar surface area (TPSA) is 73.2 Å². The lowest BCUT2D eigenvalue weighted by molar-refractivity contribution is 0.273. The summed E-state index contributed by atoms with van der Waals surface area (Å²) < 4.78 is 28.6. The highest BCUT2D eigenvalue weighted by Gasteiger charge is 2.35. The maximum absolute atomic E-state index is 12.3. The van der Waals surface area contributed by atoms with Gasteiger partial charge >= 0.3 is 0 Å². The highest BCUT2D eigenvalue weighted by Crippen LogP contribution is 2.21. The van der Waals surface area contributed by atoms with E-state index in [4.69, 9.17) is 0 Å². The van der Waals surface area contributed by atoms with Gasteiger partial charge in [-0.1, -0.05) is 20.8 Å². The Kier molecular flexibility index (Phi) is 5.14. The van der Waals surface area contributed by atoms with Gasteiger partial charge in [-0.15, -0.1) is 0 Å². The van der Waals surface area contributed by atoms with Crippen molar-refractivity contribution in [1.82, 2.24) is 9.03 Å². The highest BCUT2D eigenvalue weighted by atomic mass is 32.2. The van der Waals surface area contributed by atoms with Gasteiger partial charge in [0, 0.05) is 13.1 Å². The van der Waals surface area contributed by atoms with E-state index in [0.717, 1.165) is 12.8 Å². The van der Waals surface area contributed by atoms with Gasteiger partial charge in [0.2, 0.25) is 0 Å². The van der Waals surface area contributed by atoms with E-state index in [1.54, 1.807) is 0 Å². The molecule has 0 aromatic rings. The molecule has 0 spiro atoms. The van der Waals surface area contributed by atoms with Crippen LogP contribution in [0.2, 0.25) is 0 Å². The maximum Gasteiger partial charge on any atom is 0.280 e. The lowest BCUT2D eigenvalue weighted by Crippen LogP contribution is -2.54. The molecule has 6 heteroatoms. The van der Waals surface area contributed by atoms with Crippen molar-refractivity contribution in [2.75, 3.05) is 13.1 Å². The lowest BCUT2D eigenvalue weighted by atomic mass is 9.97. The monoisotopic (exact) mass is 273 g/mol. The van der Waals surface area contributed by atoms with E-state index in [1.807, 2.05) is 13.8 Å². The summed E-state index contributed by atoms with van der Waals surface area (Å²) >= 11 is 0. The minimum Gasteiger partial charge on any atom is -0.196 e. The smallest absolute Gasteiger partial charge is 0.196 e. The van der Waals surface area contributed by atoms with Crippen LogP contribution in [0.3, 0.4) is 0 Å². The van der Waals surface area contributed by atoms with Crippen LogP contribution in [0, 0.1) is 17.2 Å². The zero-order valence-electron chi connectivity index (χ0n) is 11.4. The molecule has 104 valence electrons. The van der Waals surface area contributed by atoms with E-state index in [0.29, 0.717) is 31.8 Å². The number of piperidine rings is 1. The zero-order valence-corrected chi connectivity index (χ0v) is 12.3. The highest BCUT2D eigenvalue weighted by molar-refractivity contribution is 7.87. The van der Waals surface area contributed by atoms with Gasteiger partial charge < -0.3 is 0 Å². The molecule has 1 heterocycles. The second-order valence-electron chi connectivity index (χ2n) is 5.11. The molecule has 0 aliphatic carbocycles. The number of rotatable bonds is 5. The third kappa shape index (κ3) is 3.44. The summed E-state index contributed by atoms with van der Waals surface area (Å²) in [6, 6.07) is 2.10. The Morgan fingerprint density at radius 3 is 2.50 bits per heavy atom. The molecule has 0 bridgehead atoms. The molecule has 0 amide bonds. The molecule has 1 unspecified atom stereocenters. The van der Waals surface area contributed by atoms with Crippen molar-refractivity contribution in [2.24, 2.45) is 5.92 Å². The second-order valence-corrected chi connectivity index (χ2v) is 6.78. The normalized spacial score (nSPS) is 22.7. The van der Waals surface area contributed by atoms with Gasteiger partial charge in [-0.25, -0.2) is 0 Å². The minimum atomic E-state index is -3.55. The molecular weight excluding hydrogens is 250 g/mol. The molecule has 1 N–H and O–H groups in total. The van der Waals surface area contributed by atoms with Crippen molar-refractivity contribution in [3.05, 3.63) is 0 Å². The summed E-state index contributed by atoms with van der Waals surface area (Å²) in [5.74, 6) is 0.384. The Morgan fingerprint density at radius 1 is 1.44 bits per heavy atom. The number of nitriles is 1. The first-order valence-corrected chi connectivity index (χ1v) is 8.03. The summed E-state index contributed by atoms with van der Waals surface area (Å²) in [6.07, 6.45) is 2.90. The van der Waals surface area contributed by atoms with Gasteiger partial charge in [-0.3, -0.25) is 0 Å². The number of nitrogens with zero attached hydrogens (tertiary/aromatic N) is 2. The summed E-state index contributed by atoms with van der Waals surface area (Å²) in [6.45, 7) is 6.81. The van der Waals surface area contributed by atoms with Crippen molar-refractivity contribution in [3.8, 4) is 6.07 Å². The van der Waals surface area contributed by atoms with Gasteiger partial charge in [-0.05, 0) is 31.6 Å². The van der Waals surface area contributed by atoms with Gasteiger partial charge in [0.1, 0.15) is 5.54 Å². The molecule has 1 atom stereocenters. The lowest BCUT2D eigenvalue weighted by Gasteiger charge is -2.33. The van der Waals surface area contributed by atoms with Crippen LogP contribution in [0.5, 0.6) is 0 Å². The number of nitrogens with one attached hydrogen (secondary N) is 1. The molecular formula is C12H23N3O2S. The molecule has 18 heavy (non-hydrogen) atoms. The molecule has 1 saturated heterocycles. The zero-order chi connectivity index (χ0) is 13.8. The van der Waals surface area contributed by atoms with E-state index in [-0.39, 0.29) is 0 Å². The third-order valence-electron chi connectivity index (χ3n) is 3.71. The van der Waals surface area contributed by atoms with Crippen LogP contribution in [-0.2, 0) is 10.2 Å². The van der Waals surface area contributed by atoms with Gasteiger partial charge in [0.05, 0.1) is 6.07 Å². The van der Waals surface area contributed by atoms with E-state index < -0.39 is 15.7 Å². The molecule has 0 aromatic heterocycles. The van der Waals surface area contributed by atoms with E-state index in [1.165, 1.54) is 4.31 Å². The van der Waals surface area contributed by atoms with Crippen molar-refractivity contribution in [2.45, 2.75) is 52.0 Å². The Balaban J connectivity index is 2.84. The molecule has 0 saturated carbocycles. The fourth-order valence-electron chi connectivity index (χ4n) is 2.25. The summed E-state index contributed by atoms with van der Waals surface area (Å²) in [4.78, 5) is 0. The number of hydrogen-bond donors (Lipinski definition) is 1. The van der Waals surface area contributed by atoms with Crippen LogP contribution in [0.1, 0.15) is 46.5 Å². The largest absolute Gasteiger partial charge is 0.280 e. The van der Waals surface area contributed by atoms with Crippen LogP contribution < -0.4 is 4.72 Å². The molecule has 1 rings (SSSR count). The average Bonchev–Trinajstić information content (AvgIpc) is 2.36. The van der Waals surface area contributed by atoms with Crippen molar-refractivity contribution < 1.29 is 8.42 Å². The molecule has 1 aliphatic heterocycles. The molecule has 0 aromatic carbocycles. The summed E-state index contributed by atoms with van der Waals surface area (Å²) in [5, 5.41) is 9.19. The standard InChI is InChI=1S/C12H23N3O2S/c1-4-12(5-2,10-13)14-18(16,17)15-8-6-7-11(3)9-15/h11,14H,4-9H2,1-3H3. The SMILES string of the molecule is CCC(C#N)(CC)NS(=O)(=O)N1CCCC(C)C1. The molecule has 0 radical (unpaired) electrons. The minimum absolute atomic E-state index is 0.384. The van der Waals surface area contributed by atoms with Gasteiger partial charge in [0.25, 0.3) is 10.2 Å². The summed E-state index contributed by atoms with van der Waals surface area (Å²) in [5.41, 5.74) is -0.973. The Labute approximate surface area is 110 Å². The fourth-order valence-corrected chi connectivity index (χ4v) is 4.03. The van der Waals surface area contributed by atoms with Crippen molar-refractivity contribution in [1.29, 1.82) is 5.26 Å². The van der Waals surface area contributed by atoms with Crippen LogP contribution in [0.4, 0.5) is 0 Å². The maximum atomic E-state index is 12.3. The van der Waals surface area contributed by atoms with E-state index >= 15 is 0 Å². The van der Waals surface area contributed by atoms with Crippen molar-refractivity contribution in [3.63, 3.8) is 0 Å². The first kappa shape index (κ1) is 15.4. The Morgan fingerprint density at radius 2 is 2.06 bits per heavy atom. The van der Waals surface area contributed by atoms with Crippen LogP contribution in [0.25, 0.3) is 0 Å². The fraction of sp³-hybridized carbons (Fsp3) is 0.917. The third-order valence-corrected chi connectivity index (χ3v) is 5.37. The number of hydrogen-bond acceptors (Lipinski definition) is 3. The predicted octanol–water partition coefficient (Wildman–Crippen LogP) is 1.64. The van der Waals surface area contributed by atoms with E-state index in [2.05, 4.69) is 17.7 Å². The first-order valence-electron chi connectivity index (χ1n) is 6.59. The predicted molar refractivity (Wildman–Crippen MR) is 71.0 cm³/mol. The molecule has 1 fully saturated rings. The van der Waals surface area contributed by atoms with E-state index in [9.17, 15) is 13.7 Å². The van der Waals surface area contributed by atoms with Crippen LogP contribution in [-0.4, -0.2) is 31.4 Å². The summed E-state index contributed by atoms with van der Waals surface area (Å²) in [7, 11) is -3.55. The van der Waals surface area contributed by atoms with Crippen LogP contribution >= 0.6 is 0 Å². The average molecular weight is 273 g/mol. The quantitative estimate of drug-likeness (QED) is 0.827. The first-order chi connectivity index (χ1) is 8.39. The van der Waals surface area contributed by atoms with Gasteiger partial charge in [0.15, 0.2) is 0 Å². The Bertz CT molecular complexity index is 410. The molecule has 1 aliphatic rings.